The highest BCUT2D eigenvalue weighted by molar-refractivity contribution is 6.02. The van der Waals surface area contributed by atoms with Gasteiger partial charge in [-0.3, -0.25) is 15.0 Å². The van der Waals surface area contributed by atoms with Gasteiger partial charge in [-0.25, -0.2) is 5.43 Å². The van der Waals surface area contributed by atoms with E-state index in [-0.39, 0.29) is 34.9 Å². The second kappa shape index (κ2) is 7.18. The molecule has 3 fully saturated rings. The van der Waals surface area contributed by atoms with Crippen molar-refractivity contribution in [1.82, 2.24) is 21.1 Å². The number of carbonyl (C=O) groups is 2. The molecule has 4 aliphatic rings. The van der Waals surface area contributed by atoms with Crippen molar-refractivity contribution in [3.05, 3.63) is 29.8 Å². The van der Waals surface area contributed by atoms with Crippen molar-refractivity contribution in [3.63, 3.8) is 0 Å². The Labute approximate surface area is 183 Å². The van der Waals surface area contributed by atoms with Crippen molar-refractivity contribution in [2.75, 3.05) is 25.0 Å². The van der Waals surface area contributed by atoms with Gasteiger partial charge in [0.25, 0.3) is 5.91 Å². The zero-order valence-corrected chi connectivity index (χ0v) is 18.6. The van der Waals surface area contributed by atoms with Gasteiger partial charge >= 0.3 is 0 Å². The first-order chi connectivity index (χ1) is 14.7. The van der Waals surface area contributed by atoms with Crippen LogP contribution in [0.4, 0.5) is 5.69 Å². The number of likely N-dealkylation sites (tertiary alicyclic amines) is 1. The summed E-state index contributed by atoms with van der Waals surface area (Å²) in [5.74, 6) is 0.107. The van der Waals surface area contributed by atoms with E-state index < -0.39 is 5.66 Å². The minimum Gasteiger partial charge on any atom is -0.370 e. The maximum Gasteiger partial charge on any atom is 0.255 e. The maximum atomic E-state index is 13.1. The molecule has 4 aliphatic heterocycles. The number of ether oxygens (including phenoxy) is 1. The van der Waals surface area contributed by atoms with Gasteiger partial charge in [-0.2, -0.15) is 0 Å². The number of rotatable bonds is 1. The molecule has 0 aliphatic carbocycles. The summed E-state index contributed by atoms with van der Waals surface area (Å²) in [5, 5.41) is 6.66. The van der Waals surface area contributed by atoms with E-state index in [4.69, 9.17) is 4.74 Å². The smallest absolute Gasteiger partial charge is 0.255 e. The van der Waals surface area contributed by atoms with Crippen molar-refractivity contribution in [3.8, 4) is 0 Å². The lowest BCUT2D eigenvalue weighted by Gasteiger charge is -2.41. The molecule has 2 amide bonds. The van der Waals surface area contributed by atoms with Crippen molar-refractivity contribution in [1.29, 1.82) is 0 Å². The van der Waals surface area contributed by atoms with Crippen molar-refractivity contribution in [2.45, 2.75) is 69.8 Å². The summed E-state index contributed by atoms with van der Waals surface area (Å²) in [6.45, 7) is 8.35. The Morgan fingerprint density at radius 1 is 1.13 bits per heavy atom. The molecule has 1 aromatic rings. The number of amides is 2. The predicted molar refractivity (Wildman–Crippen MR) is 117 cm³/mol. The van der Waals surface area contributed by atoms with E-state index >= 15 is 0 Å². The van der Waals surface area contributed by atoms with Crippen LogP contribution in [0.25, 0.3) is 0 Å². The molecular weight excluding hydrogens is 394 g/mol. The average Bonchev–Trinajstić information content (AvgIpc) is 3.35. The third kappa shape index (κ3) is 3.70. The second-order valence-corrected chi connectivity index (χ2v) is 10.7. The molecule has 8 nitrogen and oxygen atoms in total. The Balaban J connectivity index is 1.21. The van der Waals surface area contributed by atoms with Crippen LogP contribution >= 0.6 is 0 Å². The molecule has 5 rings (SSSR count). The number of para-hydroxylation sites is 1. The summed E-state index contributed by atoms with van der Waals surface area (Å²) >= 11 is 0. The molecule has 3 unspecified atom stereocenters. The lowest BCUT2D eigenvalue weighted by atomic mass is 9.83. The summed E-state index contributed by atoms with van der Waals surface area (Å²) in [6.07, 6.45) is 3.07. The quantitative estimate of drug-likeness (QED) is 0.544. The van der Waals surface area contributed by atoms with E-state index in [1.165, 1.54) is 0 Å². The molecule has 168 valence electrons. The molecule has 2 spiro atoms. The fourth-order valence-corrected chi connectivity index (χ4v) is 5.42. The third-order valence-electron chi connectivity index (χ3n) is 7.38. The molecule has 0 bridgehead atoms. The number of benzene rings is 1. The maximum absolute atomic E-state index is 13.1. The van der Waals surface area contributed by atoms with Gasteiger partial charge in [0.15, 0.2) is 0 Å². The predicted octanol–water partition coefficient (Wildman–Crippen LogP) is 1.60. The van der Waals surface area contributed by atoms with Gasteiger partial charge in [0.2, 0.25) is 5.91 Å². The monoisotopic (exact) mass is 427 g/mol. The number of piperidine rings is 1. The minimum atomic E-state index is -0.575. The van der Waals surface area contributed by atoms with Gasteiger partial charge in [0, 0.05) is 31.2 Å². The van der Waals surface area contributed by atoms with E-state index in [2.05, 4.69) is 42.3 Å². The van der Waals surface area contributed by atoms with Crippen LogP contribution < -0.4 is 21.5 Å². The number of hydrogen-bond acceptors (Lipinski definition) is 6. The Morgan fingerprint density at radius 3 is 2.58 bits per heavy atom. The second-order valence-electron chi connectivity index (χ2n) is 10.7. The number of nitrogens with one attached hydrogen (secondary N) is 4. The Bertz CT molecular complexity index is 889. The van der Waals surface area contributed by atoms with Gasteiger partial charge in [-0.1, -0.05) is 32.9 Å². The number of fused-ring (bicyclic) bond motifs is 1. The molecule has 3 atom stereocenters. The van der Waals surface area contributed by atoms with Crippen LogP contribution in [-0.4, -0.2) is 59.8 Å². The van der Waals surface area contributed by atoms with Crippen LogP contribution in [-0.2, 0) is 9.53 Å². The number of hydrazine groups is 1. The van der Waals surface area contributed by atoms with Crippen LogP contribution in [0.5, 0.6) is 0 Å². The fraction of sp³-hybridized carbons (Fsp3) is 0.652. The van der Waals surface area contributed by atoms with Gasteiger partial charge in [0.05, 0.1) is 17.8 Å². The highest BCUT2D eigenvalue weighted by Gasteiger charge is 2.53. The lowest BCUT2D eigenvalue weighted by Crippen LogP contribution is -2.59. The van der Waals surface area contributed by atoms with Crippen LogP contribution in [0.3, 0.4) is 0 Å². The van der Waals surface area contributed by atoms with Crippen LogP contribution in [0.15, 0.2) is 24.3 Å². The van der Waals surface area contributed by atoms with Crippen molar-refractivity contribution >= 4 is 17.5 Å². The summed E-state index contributed by atoms with van der Waals surface area (Å²) in [6, 6.07) is 7.68. The van der Waals surface area contributed by atoms with Crippen LogP contribution in [0, 0.1) is 5.41 Å². The van der Waals surface area contributed by atoms with Gasteiger partial charge < -0.3 is 20.3 Å². The zero-order valence-electron chi connectivity index (χ0n) is 18.6. The SMILES string of the molecule is CC(C)(C)C1CC(C(=O)N2CCC3(CC2)CC2(CO3)NC(=O)c3ccccc3N2)NN1. The first kappa shape index (κ1) is 20.7. The summed E-state index contributed by atoms with van der Waals surface area (Å²) in [4.78, 5) is 27.7. The summed E-state index contributed by atoms with van der Waals surface area (Å²) < 4.78 is 6.31. The molecule has 4 heterocycles. The Morgan fingerprint density at radius 2 is 1.87 bits per heavy atom. The molecule has 8 heteroatoms. The van der Waals surface area contributed by atoms with Gasteiger partial charge in [-0.15, -0.1) is 0 Å². The average molecular weight is 428 g/mol. The molecule has 1 aromatic carbocycles. The normalized spacial score (nSPS) is 32.1. The number of nitrogens with zero attached hydrogens (tertiary/aromatic N) is 1. The van der Waals surface area contributed by atoms with Crippen LogP contribution in [0.1, 0.15) is 56.8 Å². The molecule has 3 saturated heterocycles. The number of hydrogen-bond donors (Lipinski definition) is 4. The fourth-order valence-electron chi connectivity index (χ4n) is 5.42. The molecule has 0 saturated carbocycles. The standard InChI is InChI=1S/C23H33N5O3/c1-21(2,3)18-12-17(26-27-18)20(30)28-10-8-22(9-11-28)13-23(14-31-22)24-16-7-5-4-6-15(16)19(29)25-23/h4-7,17-18,24,26-27H,8-14H2,1-3H3,(H,25,29). The van der Waals surface area contributed by atoms with Gasteiger partial charge in [-0.05, 0) is 36.8 Å². The van der Waals surface area contributed by atoms with E-state index in [0.717, 1.165) is 24.9 Å². The van der Waals surface area contributed by atoms with Crippen molar-refractivity contribution < 1.29 is 14.3 Å². The van der Waals surface area contributed by atoms with E-state index in [1.54, 1.807) is 0 Å². The summed E-state index contributed by atoms with van der Waals surface area (Å²) in [7, 11) is 0. The third-order valence-corrected chi connectivity index (χ3v) is 7.38. The number of anilines is 1. The lowest BCUT2D eigenvalue weighted by molar-refractivity contribution is -0.138. The molecule has 31 heavy (non-hydrogen) atoms. The first-order valence-electron chi connectivity index (χ1n) is 11.3. The molecular formula is C23H33N5O3. The van der Waals surface area contributed by atoms with E-state index in [1.807, 2.05) is 29.2 Å². The zero-order chi connectivity index (χ0) is 21.9. The molecule has 0 aromatic heterocycles. The highest BCUT2D eigenvalue weighted by Crippen LogP contribution is 2.43. The Kier molecular flexibility index (Phi) is 4.80. The first-order valence-corrected chi connectivity index (χ1v) is 11.3. The Hall–Kier alpha value is -2.16. The topological polar surface area (TPSA) is 94.7 Å². The molecule has 0 radical (unpaired) electrons. The molecule has 4 N–H and O–H groups in total. The largest absolute Gasteiger partial charge is 0.370 e. The van der Waals surface area contributed by atoms with Crippen LogP contribution in [0.2, 0.25) is 0 Å². The van der Waals surface area contributed by atoms with E-state index in [0.29, 0.717) is 31.7 Å². The van der Waals surface area contributed by atoms with E-state index in [9.17, 15) is 9.59 Å². The summed E-state index contributed by atoms with van der Waals surface area (Å²) in [5.41, 5.74) is 7.24. The number of carbonyl (C=O) groups excluding carboxylic acids is 2. The minimum absolute atomic E-state index is 0.0594. The van der Waals surface area contributed by atoms with Gasteiger partial charge in [0.1, 0.15) is 11.7 Å². The highest BCUT2D eigenvalue weighted by atomic mass is 16.5. The van der Waals surface area contributed by atoms with Crippen molar-refractivity contribution in [2.24, 2.45) is 5.41 Å².